The minimum Gasteiger partial charge on any atom is -0.462 e. The summed E-state index contributed by atoms with van der Waals surface area (Å²) in [6.45, 7) is 4.50. The highest BCUT2D eigenvalue weighted by Crippen LogP contribution is 2.45. The summed E-state index contributed by atoms with van der Waals surface area (Å²) in [5.74, 6) is -0.381. The summed E-state index contributed by atoms with van der Waals surface area (Å²) in [5.41, 5.74) is 6.61. The summed E-state index contributed by atoms with van der Waals surface area (Å²) in [4.78, 5) is 26.3. The number of carbonyl (C=O) groups is 2. The number of fused-ring (bicyclic) bond motifs is 1. The van der Waals surface area contributed by atoms with E-state index in [1.807, 2.05) is 6.92 Å². The summed E-state index contributed by atoms with van der Waals surface area (Å²) in [5, 5.41) is 7.26. The number of rotatable bonds is 5. The average Bonchev–Trinajstić information content (AvgIpc) is 3.40. The fourth-order valence-corrected chi connectivity index (χ4v) is 6.83. The molecule has 0 saturated heterocycles. The van der Waals surface area contributed by atoms with Crippen molar-refractivity contribution in [2.24, 2.45) is 0 Å². The summed E-state index contributed by atoms with van der Waals surface area (Å²) in [7, 11) is -1.43. The number of nitrogens with one attached hydrogen (secondary N) is 2. The second kappa shape index (κ2) is 9.88. The van der Waals surface area contributed by atoms with E-state index in [0.717, 1.165) is 22.4 Å². The number of hydrogen-bond acceptors (Lipinski definition) is 5. The van der Waals surface area contributed by atoms with Crippen LogP contribution in [-0.2, 0) is 30.9 Å². The predicted octanol–water partition coefficient (Wildman–Crippen LogP) is 5.54. The van der Waals surface area contributed by atoms with E-state index >= 15 is 0 Å². The molecule has 5 rings (SSSR count). The van der Waals surface area contributed by atoms with Crippen LogP contribution in [0.2, 0.25) is 10.0 Å². The number of allylic oxidation sites excluding steroid dienone is 1. The Morgan fingerprint density at radius 3 is 2.56 bits per heavy atom. The first-order chi connectivity index (χ1) is 17.3. The van der Waals surface area contributed by atoms with Crippen molar-refractivity contribution in [2.45, 2.75) is 37.3 Å². The van der Waals surface area contributed by atoms with E-state index in [-0.39, 0.29) is 17.6 Å². The highest BCUT2D eigenvalue weighted by Gasteiger charge is 2.36. The van der Waals surface area contributed by atoms with Gasteiger partial charge in [-0.25, -0.2) is 4.79 Å². The maximum absolute atomic E-state index is 13.3. The van der Waals surface area contributed by atoms with Gasteiger partial charge in [-0.15, -0.1) is 0 Å². The molecule has 6 nitrogen and oxygen atoms in total. The second-order valence-corrected chi connectivity index (χ2v) is 11.1. The molecule has 2 aliphatic heterocycles. The van der Waals surface area contributed by atoms with Crippen LogP contribution in [0.5, 0.6) is 0 Å². The van der Waals surface area contributed by atoms with Crippen molar-refractivity contribution in [1.29, 1.82) is 0 Å². The zero-order valence-corrected chi connectivity index (χ0v) is 22.1. The molecule has 0 spiro atoms. The number of anilines is 1. The van der Waals surface area contributed by atoms with Crippen LogP contribution >= 0.6 is 23.2 Å². The normalized spacial score (nSPS) is 19.6. The topological polar surface area (TPSA) is 84.5 Å². The minimum absolute atomic E-state index is 0.161. The molecule has 1 atom stereocenters. The highest BCUT2D eigenvalue weighted by molar-refractivity contribution is 7.84. The third kappa shape index (κ3) is 4.29. The van der Waals surface area contributed by atoms with Gasteiger partial charge in [-0.3, -0.25) is 9.00 Å². The highest BCUT2D eigenvalue weighted by atomic mass is 35.5. The molecule has 2 aromatic carbocycles. The van der Waals surface area contributed by atoms with Crippen LogP contribution < -0.4 is 10.6 Å². The lowest BCUT2D eigenvalue weighted by molar-refractivity contribution is -0.138. The molecule has 3 aliphatic rings. The molecule has 9 heteroatoms. The van der Waals surface area contributed by atoms with Crippen LogP contribution in [0.4, 0.5) is 5.69 Å². The summed E-state index contributed by atoms with van der Waals surface area (Å²) in [6.07, 6.45) is 1.24. The molecule has 0 fully saturated rings. The van der Waals surface area contributed by atoms with Crippen LogP contribution in [0.1, 0.15) is 37.8 Å². The molecule has 0 aromatic heterocycles. The monoisotopic (exact) mass is 542 g/mol. The van der Waals surface area contributed by atoms with Crippen molar-refractivity contribution in [3.8, 4) is 0 Å². The molecule has 1 unspecified atom stereocenters. The third-order valence-corrected chi connectivity index (χ3v) is 8.64. The van der Waals surface area contributed by atoms with Gasteiger partial charge in [0.15, 0.2) is 0 Å². The van der Waals surface area contributed by atoms with Crippen LogP contribution in [-0.4, -0.2) is 29.2 Å². The number of dihydropyridines is 1. The van der Waals surface area contributed by atoms with E-state index in [1.165, 1.54) is 0 Å². The first-order valence-corrected chi connectivity index (χ1v) is 13.7. The molecule has 2 N–H and O–H groups in total. The number of amides is 1. The van der Waals surface area contributed by atoms with Crippen LogP contribution in [0, 0.1) is 0 Å². The average molecular weight is 543 g/mol. The zero-order chi connectivity index (χ0) is 25.6. The molecule has 1 amide bonds. The summed E-state index contributed by atoms with van der Waals surface area (Å²) >= 11 is 12.6. The van der Waals surface area contributed by atoms with Crippen LogP contribution in [0.15, 0.2) is 69.3 Å². The number of halogens is 2. The Morgan fingerprint density at radius 2 is 1.83 bits per heavy atom. The smallest absolute Gasteiger partial charge is 0.338 e. The van der Waals surface area contributed by atoms with Crippen LogP contribution in [0.3, 0.4) is 0 Å². The molecule has 2 aromatic rings. The minimum atomic E-state index is -1.43. The standard InChI is InChI=1S/C27H24Cl2N2O4S/c1-3-35-27(33)23-14(2)12-30-25-16(23)8-9-17(25)24-18-11-15(7-10-22(18)31-26(24)32)36(34)13-19-20(28)5-4-6-21(19)29/h4-7,10-11,30H,3,8-9,12-13H2,1-2H3,(H,31,32)/b24-17-. The number of esters is 1. The maximum Gasteiger partial charge on any atom is 0.338 e. The first-order valence-electron chi connectivity index (χ1n) is 11.6. The van der Waals surface area contributed by atoms with Crippen molar-refractivity contribution in [3.05, 3.63) is 85.6 Å². The summed E-state index contributed by atoms with van der Waals surface area (Å²) < 4.78 is 18.6. The van der Waals surface area contributed by atoms with Gasteiger partial charge in [0.1, 0.15) is 0 Å². The molecule has 0 saturated carbocycles. The predicted molar refractivity (Wildman–Crippen MR) is 142 cm³/mol. The quantitative estimate of drug-likeness (QED) is 0.382. The van der Waals surface area contributed by atoms with Gasteiger partial charge in [-0.05, 0) is 73.7 Å². The molecule has 36 heavy (non-hydrogen) atoms. The van der Waals surface area contributed by atoms with E-state index in [0.29, 0.717) is 68.9 Å². The lowest BCUT2D eigenvalue weighted by Gasteiger charge is -2.22. The molecule has 2 heterocycles. The van der Waals surface area contributed by atoms with Gasteiger partial charge in [0.05, 0.1) is 34.3 Å². The van der Waals surface area contributed by atoms with E-state index in [1.54, 1.807) is 43.3 Å². The van der Waals surface area contributed by atoms with Gasteiger partial charge >= 0.3 is 5.97 Å². The maximum atomic E-state index is 13.3. The number of hydrogen-bond donors (Lipinski definition) is 2. The van der Waals surface area contributed by atoms with Gasteiger partial charge in [0.2, 0.25) is 0 Å². The van der Waals surface area contributed by atoms with Crippen molar-refractivity contribution in [1.82, 2.24) is 5.32 Å². The van der Waals surface area contributed by atoms with Crippen LogP contribution in [0.25, 0.3) is 5.57 Å². The Labute approximate surface area is 221 Å². The molecule has 0 bridgehead atoms. The Morgan fingerprint density at radius 1 is 1.11 bits per heavy atom. The number of ether oxygens (including phenoxy) is 1. The lowest BCUT2D eigenvalue weighted by Crippen LogP contribution is -2.26. The van der Waals surface area contributed by atoms with E-state index in [9.17, 15) is 13.8 Å². The number of carbonyl (C=O) groups excluding carboxylic acids is 2. The molecular weight excluding hydrogens is 519 g/mol. The van der Waals surface area contributed by atoms with Crippen molar-refractivity contribution in [2.75, 3.05) is 18.5 Å². The number of benzene rings is 2. The van der Waals surface area contributed by atoms with Gasteiger partial charge in [0.25, 0.3) is 5.91 Å². The molecule has 0 radical (unpaired) electrons. The van der Waals surface area contributed by atoms with Crippen molar-refractivity contribution in [3.63, 3.8) is 0 Å². The van der Waals surface area contributed by atoms with E-state index < -0.39 is 10.8 Å². The molecule has 1 aliphatic carbocycles. The fraction of sp³-hybridized carbons (Fsp3) is 0.259. The zero-order valence-electron chi connectivity index (χ0n) is 19.8. The Balaban J connectivity index is 1.54. The van der Waals surface area contributed by atoms with Gasteiger partial charge < -0.3 is 15.4 Å². The van der Waals surface area contributed by atoms with Crippen molar-refractivity contribution >= 4 is 57.1 Å². The molecule has 186 valence electrons. The second-order valence-electron chi connectivity index (χ2n) is 8.79. The first kappa shape index (κ1) is 24.8. The fourth-order valence-electron chi connectivity index (χ4n) is 4.94. The Kier molecular flexibility index (Phi) is 6.81. The van der Waals surface area contributed by atoms with Gasteiger partial charge in [-0.2, -0.15) is 0 Å². The largest absolute Gasteiger partial charge is 0.462 e. The Hall–Kier alpha value is -2.87. The van der Waals surface area contributed by atoms with Gasteiger partial charge in [0, 0.05) is 44.0 Å². The third-order valence-electron chi connectivity index (χ3n) is 6.60. The van der Waals surface area contributed by atoms with Crippen molar-refractivity contribution < 1.29 is 18.5 Å². The molecular formula is C27H24Cl2N2O4S. The summed E-state index contributed by atoms with van der Waals surface area (Å²) in [6, 6.07) is 10.5. The SMILES string of the molecule is CCOC(=O)C1=C(C)CNC2=C1CC/C2=C1/C(=O)Nc2ccc(S(=O)Cc3c(Cl)cccc3Cl)cc21. The van der Waals surface area contributed by atoms with E-state index in [4.69, 9.17) is 27.9 Å². The van der Waals surface area contributed by atoms with Gasteiger partial charge in [-0.1, -0.05) is 29.3 Å². The van der Waals surface area contributed by atoms with E-state index in [2.05, 4.69) is 10.6 Å². The Bertz CT molecular complexity index is 1420. The lowest BCUT2D eigenvalue weighted by atomic mass is 9.94.